The molecule has 0 spiro atoms. The monoisotopic (exact) mass is 308 g/mol. The minimum absolute atomic E-state index is 0.210. The summed E-state index contributed by atoms with van der Waals surface area (Å²) < 4.78 is 17.3. The fourth-order valence-corrected chi connectivity index (χ4v) is 2.69. The van der Waals surface area contributed by atoms with Crippen molar-refractivity contribution in [2.24, 2.45) is 0 Å². The van der Waals surface area contributed by atoms with Crippen LogP contribution in [0.1, 0.15) is 39.0 Å². The summed E-state index contributed by atoms with van der Waals surface area (Å²) in [5.41, 5.74) is 12.9. The molecule has 0 bridgehead atoms. The van der Waals surface area contributed by atoms with Gasteiger partial charge in [0.1, 0.15) is 5.75 Å². The number of nitrogens with two attached hydrogens (primary N) is 2. The van der Waals surface area contributed by atoms with Crippen molar-refractivity contribution in [1.82, 2.24) is 0 Å². The lowest BCUT2D eigenvalue weighted by Gasteiger charge is -2.29. The second-order valence-electron chi connectivity index (χ2n) is 5.80. The third kappa shape index (κ3) is 5.39. The Labute approximate surface area is 132 Å². The maximum Gasteiger partial charge on any atom is 0.142 e. The van der Waals surface area contributed by atoms with E-state index < -0.39 is 0 Å². The van der Waals surface area contributed by atoms with Gasteiger partial charge in [0, 0.05) is 12.3 Å². The number of nitrogen functional groups attached to an aromatic ring is 2. The van der Waals surface area contributed by atoms with E-state index in [0.29, 0.717) is 30.7 Å². The summed E-state index contributed by atoms with van der Waals surface area (Å²) in [5, 5.41) is 0. The molecule has 0 radical (unpaired) electrons. The van der Waals surface area contributed by atoms with Gasteiger partial charge in [0.2, 0.25) is 0 Å². The maximum absolute atomic E-state index is 5.99. The van der Waals surface area contributed by atoms with Gasteiger partial charge in [0.25, 0.3) is 0 Å². The highest BCUT2D eigenvalue weighted by Gasteiger charge is 2.23. The van der Waals surface area contributed by atoms with E-state index in [1.165, 1.54) is 0 Å². The molecule has 0 unspecified atom stereocenters. The van der Waals surface area contributed by atoms with Gasteiger partial charge in [-0.25, -0.2) is 0 Å². The molecule has 1 saturated carbocycles. The average Bonchev–Trinajstić information content (AvgIpc) is 2.51. The Morgan fingerprint density at radius 2 is 1.73 bits per heavy atom. The summed E-state index contributed by atoms with van der Waals surface area (Å²) in [5.74, 6) is 0.728. The van der Waals surface area contributed by atoms with Crippen molar-refractivity contribution in [2.75, 3.05) is 31.3 Å². The van der Waals surface area contributed by atoms with Crippen molar-refractivity contribution in [3.05, 3.63) is 18.2 Å². The SMILES string of the molecule is CCCOCCOC1CCC(Oc2ccc(N)cc2N)CC1. The first-order valence-electron chi connectivity index (χ1n) is 8.20. The summed E-state index contributed by atoms with van der Waals surface area (Å²) >= 11 is 0. The molecule has 124 valence electrons. The van der Waals surface area contributed by atoms with Crippen LogP contribution in [0.5, 0.6) is 5.75 Å². The first kappa shape index (κ1) is 16.9. The van der Waals surface area contributed by atoms with Crippen LogP contribution >= 0.6 is 0 Å². The van der Waals surface area contributed by atoms with E-state index in [1.807, 2.05) is 12.1 Å². The van der Waals surface area contributed by atoms with Crippen molar-refractivity contribution in [2.45, 2.75) is 51.2 Å². The lowest BCUT2D eigenvalue weighted by atomic mass is 9.95. The Morgan fingerprint density at radius 1 is 1.00 bits per heavy atom. The van der Waals surface area contributed by atoms with Crippen LogP contribution in [0.25, 0.3) is 0 Å². The van der Waals surface area contributed by atoms with Crippen molar-refractivity contribution >= 4 is 11.4 Å². The summed E-state index contributed by atoms with van der Waals surface area (Å²) in [6.07, 6.45) is 5.61. The van der Waals surface area contributed by atoms with Crippen LogP contribution in [-0.4, -0.2) is 32.0 Å². The van der Waals surface area contributed by atoms with Crippen molar-refractivity contribution in [3.63, 3.8) is 0 Å². The number of anilines is 2. The third-order valence-electron chi connectivity index (χ3n) is 3.88. The van der Waals surface area contributed by atoms with Gasteiger partial charge in [0.15, 0.2) is 0 Å². The van der Waals surface area contributed by atoms with Crippen LogP contribution < -0.4 is 16.2 Å². The highest BCUT2D eigenvalue weighted by atomic mass is 16.5. The molecule has 22 heavy (non-hydrogen) atoms. The average molecular weight is 308 g/mol. The molecule has 5 heteroatoms. The standard InChI is InChI=1S/C17H28N2O3/c1-2-9-20-10-11-21-14-4-6-15(7-5-14)22-17-8-3-13(18)12-16(17)19/h3,8,12,14-15H,2,4-7,9-11,18-19H2,1H3. The molecule has 1 fully saturated rings. The fraction of sp³-hybridized carbons (Fsp3) is 0.647. The Hall–Kier alpha value is -1.46. The minimum atomic E-state index is 0.210. The normalized spacial score (nSPS) is 21.7. The first-order chi connectivity index (χ1) is 10.7. The van der Waals surface area contributed by atoms with Crippen LogP contribution in [0.3, 0.4) is 0 Å². The van der Waals surface area contributed by atoms with Crippen LogP contribution in [0, 0.1) is 0 Å². The summed E-state index contributed by atoms with van der Waals surface area (Å²) in [6, 6.07) is 5.40. The molecular formula is C17H28N2O3. The van der Waals surface area contributed by atoms with Crippen molar-refractivity contribution in [1.29, 1.82) is 0 Å². The molecule has 0 amide bonds. The summed E-state index contributed by atoms with van der Waals surface area (Å²) in [6.45, 7) is 4.29. The second kappa shape index (κ2) is 8.86. The van der Waals surface area contributed by atoms with Crippen LogP contribution in [-0.2, 0) is 9.47 Å². The molecule has 2 rings (SSSR count). The van der Waals surface area contributed by atoms with E-state index in [9.17, 15) is 0 Å². The Kier molecular flexibility index (Phi) is 6.80. The van der Waals surface area contributed by atoms with E-state index in [0.717, 1.165) is 44.5 Å². The molecule has 1 aliphatic rings. The number of hydrogen-bond acceptors (Lipinski definition) is 5. The Bertz CT molecular complexity index is 446. The van der Waals surface area contributed by atoms with Crippen molar-refractivity contribution < 1.29 is 14.2 Å². The fourth-order valence-electron chi connectivity index (χ4n) is 2.69. The predicted octanol–water partition coefficient (Wildman–Crippen LogP) is 2.98. The molecule has 1 aromatic carbocycles. The van der Waals surface area contributed by atoms with E-state index >= 15 is 0 Å². The first-order valence-corrected chi connectivity index (χ1v) is 8.20. The van der Waals surface area contributed by atoms with E-state index in [2.05, 4.69) is 6.92 Å². The van der Waals surface area contributed by atoms with Crippen LogP contribution in [0.2, 0.25) is 0 Å². The molecule has 0 aromatic heterocycles. The zero-order valence-electron chi connectivity index (χ0n) is 13.4. The maximum atomic E-state index is 5.99. The lowest BCUT2D eigenvalue weighted by molar-refractivity contribution is -0.0246. The van der Waals surface area contributed by atoms with E-state index in [-0.39, 0.29) is 6.10 Å². The van der Waals surface area contributed by atoms with Crippen LogP contribution in [0.15, 0.2) is 18.2 Å². The summed E-state index contributed by atoms with van der Waals surface area (Å²) in [7, 11) is 0. The van der Waals surface area contributed by atoms with Gasteiger partial charge < -0.3 is 25.7 Å². The topological polar surface area (TPSA) is 79.7 Å². The van der Waals surface area contributed by atoms with Gasteiger partial charge in [-0.1, -0.05) is 6.92 Å². The van der Waals surface area contributed by atoms with E-state index in [4.69, 9.17) is 25.7 Å². The smallest absolute Gasteiger partial charge is 0.142 e. The molecule has 0 heterocycles. The molecule has 4 N–H and O–H groups in total. The second-order valence-corrected chi connectivity index (χ2v) is 5.80. The summed E-state index contributed by atoms with van der Waals surface area (Å²) in [4.78, 5) is 0. The molecule has 5 nitrogen and oxygen atoms in total. The quantitative estimate of drug-likeness (QED) is 0.570. The zero-order chi connectivity index (χ0) is 15.8. The van der Waals surface area contributed by atoms with E-state index in [1.54, 1.807) is 6.07 Å². The van der Waals surface area contributed by atoms with Gasteiger partial charge in [-0.3, -0.25) is 0 Å². The van der Waals surface area contributed by atoms with Gasteiger partial charge in [0.05, 0.1) is 31.1 Å². The molecule has 1 aromatic rings. The zero-order valence-corrected chi connectivity index (χ0v) is 13.4. The van der Waals surface area contributed by atoms with Gasteiger partial charge in [-0.05, 0) is 50.3 Å². The predicted molar refractivity (Wildman–Crippen MR) is 89.0 cm³/mol. The number of ether oxygens (including phenoxy) is 3. The van der Waals surface area contributed by atoms with Gasteiger partial charge >= 0.3 is 0 Å². The molecule has 0 atom stereocenters. The largest absolute Gasteiger partial charge is 0.488 e. The molecule has 0 saturated heterocycles. The molecular weight excluding hydrogens is 280 g/mol. The third-order valence-corrected chi connectivity index (χ3v) is 3.88. The Morgan fingerprint density at radius 3 is 2.41 bits per heavy atom. The highest BCUT2D eigenvalue weighted by Crippen LogP contribution is 2.29. The Balaban J connectivity index is 1.66. The van der Waals surface area contributed by atoms with Crippen molar-refractivity contribution in [3.8, 4) is 5.75 Å². The van der Waals surface area contributed by atoms with Crippen LogP contribution in [0.4, 0.5) is 11.4 Å². The number of hydrogen-bond donors (Lipinski definition) is 2. The molecule has 1 aliphatic carbocycles. The lowest BCUT2D eigenvalue weighted by Crippen LogP contribution is -2.29. The highest BCUT2D eigenvalue weighted by molar-refractivity contribution is 5.60. The molecule has 0 aliphatic heterocycles. The number of rotatable bonds is 8. The minimum Gasteiger partial charge on any atom is -0.488 e. The van der Waals surface area contributed by atoms with Gasteiger partial charge in [-0.2, -0.15) is 0 Å². The number of benzene rings is 1. The van der Waals surface area contributed by atoms with Gasteiger partial charge in [-0.15, -0.1) is 0 Å².